The van der Waals surface area contributed by atoms with Crippen LogP contribution in [0.15, 0.2) is 54.6 Å². The number of aliphatic carboxylic acids is 2. The summed E-state index contributed by atoms with van der Waals surface area (Å²) in [5, 5.41) is 35.3. The Morgan fingerprint density at radius 1 is 0.707 bits per heavy atom. The molecular weight excluding hydrogens is 538 g/mol. The molecule has 14 heteroatoms. The first-order chi connectivity index (χ1) is 19.3. The molecular formula is C27H33N5O9. The van der Waals surface area contributed by atoms with Gasteiger partial charge in [0.1, 0.15) is 23.9 Å². The van der Waals surface area contributed by atoms with E-state index in [0.29, 0.717) is 11.1 Å². The van der Waals surface area contributed by atoms with Gasteiger partial charge in [0, 0.05) is 19.3 Å². The molecule has 0 saturated carbocycles. The molecule has 220 valence electrons. The van der Waals surface area contributed by atoms with E-state index in [1.807, 2.05) is 0 Å². The van der Waals surface area contributed by atoms with Crippen LogP contribution in [0.3, 0.4) is 0 Å². The average Bonchev–Trinajstić information content (AvgIpc) is 2.91. The number of primary amides is 1. The van der Waals surface area contributed by atoms with Crippen molar-refractivity contribution in [2.24, 2.45) is 11.5 Å². The van der Waals surface area contributed by atoms with Crippen LogP contribution < -0.4 is 27.4 Å². The molecule has 0 fully saturated rings. The molecule has 2 rings (SSSR count). The minimum atomic E-state index is -1.47. The third-order valence-electron chi connectivity index (χ3n) is 5.95. The van der Waals surface area contributed by atoms with Crippen LogP contribution in [0, 0.1) is 0 Å². The van der Waals surface area contributed by atoms with E-state index in [1.54, 1.807) is 30.3 Å². The minimum absolute atomic E-state index is 0.0359. The highest BCUT2D eigenvalue weighted by Gasteiger charge is 2.31. The highest BCUT2D eigenvalue weighted by atomic mass is 16.4. The van der Waals surface area contributed by atoms with Crippen molar-refractivity contribution in [2.45, 2.75) is 56.3 Å². The number of carboxylic acid groups (broad SMARTS) is 2. The fourth-order valence-corrected chi connectivity index (χ4v) is 3.78. The Morgan fingerprint density at radius 3 is 1.68 bits per heavy atom. The smallest absolute Gasteiger partial charge is 0.326 e. The maximum absolute atomic E-state index is 13.4. The number of rotatable bonds is 16. The van der Waals surface area contributed by atoms with E-state index in [9.17, 15) is 39.0 Å². The Bertz CT molecular complexity index is 1240. The van der Waals surface area contributed by atoms with Crippen molar-refractivity contribution in [1.29, 1.82) is 0 Å². The van der Waals surface area contributed by atoms with Gasteiger partial charge in [-0.25, -0.2) is 4.79 Å². The number of hydrogen-bond acceptors (Lipinski definition) is 8. The number of phenols is 1. The van der Waals surface area contributed by atoms with Crippen LogP contribution in [0.4, 0.5) is 0 Å². The fourth-order valence-electron chi connectivity index (χ4n) is 3.78. The standard InChI is InChI=1S/C27H33N5O9/c28-18(14-23(35)36)24(37)31-20(13-16-6-8-17(33)9-7-16)26(39)32-21(12-15-4-2-1-3-5-15)25(38)30-19(27(40)41)10-11-22(29)34/h1-9,18-21,33H,10-14,28H2,(H2,29,34)(H,30,38)(H,31,37)(H,32,39)(H,35,36)(H,40,41). The highest BCUT2D eigenvalue weighted by molar-refractivity contribution is 5.95. The summed E-state index contributed by atoms with van der Waals surface area (Å²) in [5.41, 5.74) is 11.9. The van der Waals surface area contributed by atoms with Gasteiger partial charge >= 0.3 is 11.9 Å². The number of aromatic hydroxyl groups is 1. The molecule has 2 aromatic rings. The van der Waals surface area contributed by atoms with Crippen molar-refractivity contribution in [3.63, 3.8) is 0 Å². The van der Waals surface area contributed by atoms with Gasteiger partial charge in [0.25, 0.3) is 0 Å². The molecule has 0 aliphatic carbocycles. The first-order valence-corrected chi connectivity index (χ1v) is 12.6. The number of amides is 4. The molecule has 0 aliphatic heterocycles. The molecule has 0 aromatic heterocycles. The van der Waals surface area contributed by atoms with E-state index in [2.05, 4.69) is 16.0 Å². The number of carboxylic acids is 2. The maximum atomic E-state index is 13.4. The predicted octanol–water partition coefficient (Wildman–Crippen LogP) is -1.22. The van der Waals surface area contributed by atoms with Gasteiger partial charge in [-0.1, -0.05) is 42.5 Å². The van der Waals surface area contributed by atoms with Gasteiger partial charge in [0.2, 0.25) is 23.6 Å². The summed E-state index contributed by atoms with van der Waals surface area (Å²) >= 11 is 0. The molecule has 0 radical (unpaired) electrons. The lowest BCUT2D eigenvalue weighted by molar-refractivity contribution is -0.142. The van der Waals surface area contributed by atoms with Crippen LogP contribution in [-0.2, 0) is 41.6 Å². The van der Waals surface area contributed by atoms with Gasteiger partial charge in [0.15, 0.2) is 0 Å². The number of carbonyl (C=O) groups is 6. The monoisotopic (exact) mass is 571 g/mol. The zero-order valence-corrected chi connectivity index (χ0v) is 22.0. The summed E-state index contributed by atoms with van der Waals surface area (Å²) in [7, 11) is 0. The summed E-state index contributed by atoms with van der Waals surface area (Å²) in [6.07, 6.45) is -1.44. The van der Waals surface area contributed by atoms with Crippen LogP contribution in [0.2, 0.25) is 0 Å². The molecule has 0 saturated heterocycles. The number of hydrogen-bond donors (Lipinski definition) is 8. The minimum Gasteiger partial charge on any atom is -0.508 e. The number of phenolic OH excluding ortho intramolecular Hbond substituents is 1. The number of nitrogens with one attached hydrogen (secondary N) is 3. The first-order valence-electron chi connectivity index (χ1n) is 12.6. The molecule has 0 spiro atoms. The molecule has 4 amide bonds. The Kier molecular flexibility index (Phi) is 12.2. The zero-order chi connectivity index (χ0) is 30.5. The molecule has 4 atom stereocenters. The largest absolute Gasteiger partial charge is 0.508 e. The van der Waals surface area contributed by atoms with Crippen molar-refractivity contribution < 1.29 is 44.1 Å². The maximum Gasteiger partial charge on any atom is 0.326 e. The van der Waals surface area contributed by atoms with Gasteiger partial charge in [0.05, 0.1) is 12.5 Å². The molecule has 4 unspecified atom stereocenters. The second-order valence-electron chi connectivity index (χ2n) is 9.29. The second-order valence-corrected chi connectivity index (χ2v) is 9.29. The van der Waals surface area contributed by atoms with Gasteiger partial charge in [-0.3, -0.25) is 24.0 Å². The van der Waals surface area contributed by atoms with Crippen molar-refractivity contribution >= 4 is 35.6 Å². The summed E-state index contributed by atoms with van der Waals surface area (Å²) in [6.45, 7) is 0. The number of benzene rings is 2. The van der Waals surface area contributed by atoms with Crippen LogP contribution in [0.5, 0.6) is 5.75 Å². The molecule has 41 heavy (non-hydrogen) atoms. The molecule has 0 heterocycles. The van der Waals surface area contributed by atoms with E-state index < -0.39 is 66.2 Å². The molecule has 0 bridgehead atoms. The SMILES string of the molecule is NC(=O)CCC(NC(=O)C(Cc1ccccc1)NC(=O)C(Cc1ccc(O)cc1)NC(=O)C(N)CC(=O)O)C(=O)O. The first kappa shape index (κ1) is 32.2. The van der Waals surface area contributed by atoms with Crippen molar-refractivity contribution in [2.75, 3.05) is 0 Å². The Hall–Kier alpha value is -4.98. The normalized spacial score (nSPS) is 13.6. The fraction of sp³-hybridized carbons (Fsp3) is 0.333. The molecule has 14 nitrogen and oxygen atoms in total. The molecule has 0 aliphatic rings. The third kappa shape index (κ3) is 11.3. The predicted molar refractivity (Wildman–Crippen MR) is 144 cm³/mol. The third-order valence-corrected chi connectivity index (χ3v) is 5.95. The summed E-state index contributed by atoms with van der Waals surface area (Å²) < 4.78 is 0. The van der Waals surface area contributed by atoms with Crippen molar-refractivity contribution in [1.82, 2.24) is 16.0 Å². The lowest BCUT2D eigenvalue weighted by atomic mass is 10.0. The number of carbonyl (C=O) groups excluding carboxylic acids is 4. The van der Waals surface area contributed by atoms with Gasteiger partial charge in [-0.15, -0.1) is 0 Å². The van der Waals surface area contributed by atoms with Gasteiger partial charge in [-0.2, -0.15) is 0 Å². The molecule has 10 N–H and O–H groups in total. The van der Waals surface area contributed by atoms with Gasteiger partial charge < -0.3 is 42.7 Å². The van der Waals surface area contributed by atoms with Gasteiger partial charge in [-0.05, 0) is 29.7 Å². The van der Waals surface area contributed by atoms with E-state index in [4.69, 9.17) is 16.6 Å². The van der Waals surface area contributed by atoms with Crippen LogP contribution >= 0.6 is 0 Å². The quantitative estimate of drug-likeness (QED) is 0.119. The summed E-state index contributed by atoms with van der Waals surface area (Å²) in [4.78, 5) is 73.1. The van der Waals surface area contributed by atoms with E-state index in [0.717, 1.165) is 0 Å². The molecule has 2 aromatic carbocycles. The zero-order valence-electron chi connectivity index (χ0n) is 22.0. The highest BCUT2D eigenvalue weighted by Crippen LogP contribution is 2.13. The van der Waals surface area contributed by atoms with Crippen molar-refractivity contribution in [3.05, 3.63) is 65.7 Å². The number of nitrogens with two attached hydrogens (primary N) is 2. The average molecular weight is 572 g/mol. The second kappa shape index (κ2) is 15.6. The lowest BCUT2D eigenvalue weighted by Crippen LogP contribution is -2.58. The van der Waals surface area contributed by atoms with Crippen LogP contribution in [0.1, 0.15) is 30.4 Å². The van der Waals surface area contributed by atoms with E-state index >= 15 is 0 Å². The van der Waals surface area contributed by atoms with E-state index in [-0.39, 0.29) is 31.4 Å². The summed E-state index contributed by atoms with van der Waals surface area (Å²) in [6, 6.07) is 8.70. The topological polar surface area (TPSA) is 251 Å². The lowest BCUT2D eigenvalue weighted by Gasteiger charge is -2.25. The van der Waals surface area contributed by atoms with Crippen LogP contribution in [-0.4, -0.2) is 75.1 Å². The Labute approximate surface area is 235 Å². The van der Waals surface area contributed by atoms with Crippen LogP contribution in [0.25, 0.3) is 0 Å². The van der Waals surface area contributed by atoms with E-state index in [1.165, 1.54) is 24.3 Å². The van der Waals surface area contributed by atoms with Crippen molar-refractivity contribution in [3.8, 4) is 5.75 Å². The Morgan fingerprint density at radius 2 is 1.20 bits per heavy atom. The Balaban J connectivity index is 2.32. The summed E-state index contributed by atoms with van der Waals surface area (Å²) in [5.74, 6) is -6.15.